The molecule has 2 amide bonds. The Morgan fingerprint density at radius 1 is 1.38 bits per heavy atom. The predicted octanol–water partition coefficient (Wildman–Crippen LogP) is -0.0214. The van der Waals surface area contributed by atoms with Gasteiger partial charge in [-0.1, -0.05) is 6.92 Å². The maximum Gasteiger partial charge on any atom is 0.263 e. The first-order chi connectivity index (χ1) is 10.1. The molecule has 2 heterocycles. The van der Waals surface area contributed by atoms with Crippen molar-refractivity contribution in [2.75, 3.05) is 43.4 Å². The Balaban J connectivity index is 2.35. The molecule has 6 N–H and O–H groups in total. The molecule has 21 heavy (non-hydrogen) atoms. The van der Waals surface area contributed by atoms with Crippen LogP contribution in [0, 0.1) is 0 Å². The van der Waals surface area contributed by atoms with Crippen molar-refractivity contribution in [1.82, 2.24) is 10.6 Å². The fraction of sp³-hybridized carbons (Fsp3) is 0.538. The zero-order valence-corrected chi connectivity index (χ0v) is 12.9. The summed E-state index contributed by atoms with van der Waals surface area (Å²) in [6, 6.07) is 0. The van der Waals surface area contributed by atoms with Gasteiger partial charge in [-0.2, -0.15) is 0 Å². The van der Waals surface area contributed by atoms with Crippen LogP contribution in [0.1, 0.15) is 33.4 Å². The van der Waals surface area contributed by atoms with Crippen LogP contribution in [0.5, 0.6) is 0 Å². The van der Waals surface area contributed by atoms with Crippen molar-refractivity contribution >= 4 is 33.8 Å². The average Bonchev–Trinajstić information content (AvgIpc) is 2.83. The number of primary amides is 1. The molecule has 8 heteroatoms. The molecule has 0 atom stereocenters. The number of carbonyl (C=O) groups excluding carboxylic acids is 2. The zero-order chi connectivity index (χ0) is 15.4. The lowest BCUT2D eigenvalue weighted by Gasteiger charge is -2.28. The number of nitrogens with one attached hydrogen (secondary N) is 2. The third kappa shape index (κ3) is 3.27. The molecule has 1 fully saturated rings. The highest BCUT2D eigenvalue weighted by atomic mass is 32.1. The number of nitrogens with two attached hydrogens (primary N) is 2. The maximum atomic E-state index is 12.1. The number of piperazine rings is 1. The highest BCUT2D eigenvalue weighted by Gasteiger charge is 2.27. The molecular weight excluding hydrogens is 290 g/mol. The number of anilines is 2. The first kappa shape index (κ1) is 15.6. The molecule has 0 aliphatic carbocycles. The van der Waals surface area contributed by atoms with Crippen molar-refractivity contribution in [1.29, 1.82) is 0 Å². The highest BCUT2D eigenvalue weighted by Crippen LogP contribution is 2.38. The topological polar surface area (TPSA) is 113 Å². The summed E-state index contributed by atoms with van der Waals surface area (Å²) in [7, 11) is 0. The minimum absolute atomic E-state index is 0.189. The molecule has 0 spiro atoms. The molecule has 0 unspecified atom stereocenters. The van der Waals surface area contributed by atoms with Gasteiger partial charge in [0.05, 0.1) is 11.3 Å². The summed E-state index contributed by atoms with van der Waals surface area (Å²) in [6.45, 7) is 5.72. The van der Waals surface area contributed by atoms with E-state index in [4.69, 9.17) is 11.5 Å². The SMILES string of the molecule is CCCNC(=O)c1sc(N2CCNCC2)c(C(N)=O)c1N. The molecule has 0 radical (unpaired) electrons. The van der Waals surface area contributed by atoms with Gasteiger partial charge in [0.15, 0.2) is 0 Å². The molecule has 1 aliphatic rings. The van der Waals surface area contributed by atoms with Crippen molar-refractivity contribution in [3.8, 4) is 0 Å². The number of carbonyl (C=O) groups is 2. The molecule has 0 aromatic carbocycles. The van der Waals surface area contributed by atoms with E-state index in [0.29, 0.717) is 16.4 Å². The highest BCUT2D eigenvalue weighted by molar-refractivity contribution is 7.19. The standard InChI is InChI=1S/C13H21N5O2S/c1-2-3-17-12(20)10-9(14)8(11(15)19)13(21-10)18-6-4-16-5-7-18/h16H,2-7,14H2,1H3,(H2,15,19)(H,17,20). The molecule has 1 aliphatic heterocycles. The normalized spacial score (nSPS) is 15.0. The summed E-state index contributed by atoms with van der Waals surface area (Å²) in [4.78, 5) is 26.3. The minimum Gasteiger partial charge on any atom is -0.397 e. The number of hydrogen-bond donors (Lipinski definition) is 4. The van der Waals surface area contributed by atoms with Crippen molar-refractivity contribution in [3.63, 3.8) is 0 Å². The predicted molar refractivity (Wildman–Crippen MR) is 85.0 cm³/mol. The first-order valence-corrected chi connectivity index (χ1v) is 7.83. The molecule has 1 aromatic heterocycles. The molecular formula is C13H21N5O2S. The fourth-order valence-electron chi connectivity index (χ4n) is 2.25. The van der Waals surface area contributed by atoms with E-state index in [9.17, 15) is 9.59 Å². The lowest BCUT2D eigenvalue weighted by molar-refractivity contribution is 0.0958. The molecule has 116 valence electrons. The van der Waals surface area contributed by atoms with E-state index >= 15 is 0 Å². The van der Waals surface area contributed by atoms with Crippen LogP contribution in [0.3, 0.4) is 0 Å². The van der Waals surface area contributed by atoms with Gasteiger partial charge in [-0.3, -0.25) is 9.59 Å². The zero-order valence-electron chi connectivity index (χ0n) is 12.1. The fourth-order valence-corrected chi connectivity index (χ4v) is 3.44. The second-order valence-corrected chi connectivity index (χ2v) is 5.88. The van der Waals surface area contributed by atoms with Crippen LogP contribution in [-0.2, 0) is 0 Å². The monoisotopic (exact) mass is 311 g/mol. The number of amides is 2. The second-order valence-electron chi connectivity index (χ2n) is 4.88. The smallest absolute Gasteiger partial charge is 0.263 e. The van der Waals surface area contributed by atoms with Crippen molar-refractivity contribution in [2.45, 2.75) is 13.3 Å². The number of nitrogen functional groups attached to an aromatic ring is 1. The van der Waals surface area contributed by atoms with E-state index in [-0.39, 0.29) is 17.2 Å². The van der Waals surface area contributed by atoms with E-state index in [0.717, 1.165) is 32.6 Å². The molecule has 2 rings (SSSR count). The lowest BCUT2D eigenvalue weighted by Crippen LogP contribution is -2.43. The van der Waals surface area contributed by atoms with Crippen molar-refractivity contribution in [2.24, 2.45) is 5.73 Å². The number of nitrogens with zero attached hydrogens (tertiary/aromatic N) is 1. The summed E-state index contributed by atoms with van der Waals surface area (Å²) >= 11 is 1.24. The van der Waals surface area contributed by atoms with Gasteiger partial charge in [0.1, 0.15) is 9.88 Å². The number of thiophene rings is 1. The summed E-state index contributed by atoms with van der Waals surface area (Å²) in [5, 5.41) is 6.72. The van der Waals surface area contributed by atoms with Crippen LogP contribution in [-0.4, -0.2) is 44.5 Å². The van der Waals surface area contributed by atoms with E-state index < -0.39 is 5.91 Å². The largest absolute Gasteiger partial charge is 0.397 e. The van der Waals surface area contributed by atoms with Gasteiger partial charge in [0.25, 0.3) is 11.8 Å². The minimum atomic E-state index is -0.591. The Morgan fingerprint density at radius 3 is 2.62 bits per heavy atom. The summed E-state index contributed by atoms with van der Waals surface area (Å²) in [5.74, 6) is -0.838. The van der Waals surface area contributed by atoms with Gasteiger partial charge < -0.3 is 27.0 Å². The van der Waals surface area contributed by atoms with E-state index in [2.05, 4.69) is 10.6 Å². The van der Waals surface area contributed by atoms with E-state index in [1.54, 1.807) is 0 Å². The first-order valence-electron chi connectivity index (χ1n) is 7.02. The lowest BCUT2D eigenvalue weighted by atomic mass is 10.2. The van der Waals surface area contributed by atoms with Crippen LogP contribution in [0.2, 0.25) is 0 Å². The van der Waals surface area contributed by atoms with Gasteiger partial charge >= 0.3 is 0 Å². The van der Waals surface area contributed by atoms with Gasteiger partial charge in [0.2, 0.25) is 0 Å². The molecule has 1 saturated heterocycles. The maximum absolute atomic E-state index is 12.1. The molecule has 7 nitrogen and oxygen atoms in total. The Morgan fingerprint density at radius 2 is 2.05 bits per heavy atom. The van der Waals surface area contributed by atoms with Crippen molar-refractivity contribution in [3.05, 3.63) is 10.4 Å². The third-order valence-electron chi connectivity index (χ3n) is 3.32. The Bertz CT molecular complexity index is 537. The Hall–Kier alpha value is -1.80. The van der Waals surface area contributed by atoms with E-state index in [1.807, 2.05) is 11.8 Å². The summed E-state index contributed by atoms with van der Waals surface area (Å²) in [6.07, 6.45) is 0.838. The van der Waals surface area contributed by atoms with E-state index in [1.165, 1.54) is 11.3 Å². The molecule has 0 saturated carbocycles. The van der Waals surface area contributed by atoms with Crippen LogP contribution < -0.4 is 27.0 Å². The van der Waals surface area contributed by atoms with Crippen LogP contribution in [0.15, 0.2) is 0 Å². The van der Waals surface area contributed by atoms with Gasteiger partial charge in [-0.25, -0.2) is 0 Å². The quantitative estimate of drug-likeness (QED) is 0.610. The van der Waals surface area contributed by atoms with Gasteiger partial charge in [-0.05, 0) is 6.42 Å². The summed E-state index contributed by atoms with van der Waals surface area (Å²) < 4.78 is 0. The van der Waals surface area contributed by atoms with Crippen LogP contribution in [0.4, 0.5) is 10.7 Å². The summed E-state index contributed by atoms with van der Waals surface area (Å²) in [5.41, 5.74) is 11.9. The number of hydrogen-bond acceptors (Lipinski definition) is 6. The number of rotatable bonds is 5. The third-order valence-corrected chi connectivity index (χ3v) is 4.58. The van der Waals surface area contributed by atoms with Crippen LogP contribution in [0.25, 0.3) is 0 Å². The van der Waals surface area contributed by atoms with Crippen molar-refractivity contribution < 1.29 is 9.59 Å². The Labute approximate surface area is 127 Å². The molecule has 1 aromatic rings. The Kier molecular flexibility index (Phi) is 5.03. The van der Waals surface area contributed by atoms with Gasteiger partial charge in [-0.15, -0.1) is 11.3 Å². The molecule has 0 bridgehead atoms. The average molecular weight is 311 g/mol. The van der Waals surface area contributed by atoms with Gasteiger partial charge in [0, 0.05) is 32.7 Å². The second kappa shape index (κ2) is 6.77. The van der Waals surface area contributed by atoms with Crippen LogP contribution >= 0.6 is 11.3 Å².